The van der Waals surface area contributed by atoms with Gasteiger partial charge in [-0.2, -0.15) is 13.0 Å². The van der Waals surface area contributed by atoms with Crippen LogP contribution in [0.15, 0.2) is 139 Å². The average Bonchev–Trinajstić information content (AvgIpc) is 3.49. The predicted octanol–water partition coefficient (Wildman–Crippen LogP) is 10.5. The molecule has 8 rings (SSSR count). The Morgan fingerprint density at radius 2 is 1.38 bits per heavy atom. The Morgan fingerprint density at radius 1 is 0.755 bits per heavy atom. The molecule has 0 saturated carbocycles. The molecule has 2 heterocycles. The first kappa shape index (κ1) is 34.8. The Labute approximate surface area is 313 Å². The summed E-state index contributed by atoms with van der Waals surface area (Å²) in [6.45, 7) is 9.37. The van der Waals surface area contributed by atoms with Crippen LogP contribution in [0.5, 0.6) is 0 Å². The van der Waals surface area contributed by atoms with Crippen LogP contribution < -0.4 is 4.90 Å². The largest absolute Gasteiger partial charge is 0.347 e. The molecule has 0 unspecified atom stereocenters. The van der Waals surface area contributed by atoms with E-state index >= 15 is 0 Å². The second-order valence-corrected chi connectivity index (χ2v) is 17.1. The van der Waals surface area contributed by atoms with Crippen LogP contribution in [0.1, 0.15) is 49.9 Å². The lowest BCUT2D eigenvalue weighted by molar-refractivity contribution is -0.400. The van der Waals surface area contributed by atoms with Crippen molar-refractivity contribution in [1.29, 1.82) is 0 Å². The third-order valence-electron chi connectivity index (χ3n) is 11.4. The summed E-state index contributed by atoms with van der Waals surface area (Å²) >= 11 is 0. The van der Waals surface area contributed by atoms with Gasteiger partial charge in [0.2, 0.25) is 5.69 Å². The van der Waals surface area contributed by atoms with Gasteiger partial charge < -0.3 is 4.90 Å². The third-order valence-corrected chi connectivity index (χ3v) is 12.6. The van der Waals surface area contributed by atoms with Crippen molar-refractivity contribution in [3.63, 3.8) is 0 Å². The van der Waals surface area contributed by atoms with E-state index in [-0.39, 0.29) is 16.6 Å². The number of hydrogen-bond donors (Lipinski definition) is 0. The molecule has 0 saturated heterocycles. The summed E-state index contributed by atoms with van der Waals surface area (Å²) in [7, 11) is 1.96. The van der Waals surface area contributed by atoms with Crippen molar-refractivity contribution in [3.05, 3.63) is 161 Å². The van der Waals surface area contributed by atoms with Crippen LogP contribution in [-0.2, 0) is 30.9 Å². The van der Waals surface area contributed by atoms with Crippen LogP contribution in [-0.4, -0.2) is 39.9 Å². The highest BCUT2D eigenvalue weighted by atomic mass is 32.2. The molecule has 0 aromatic heterocycles. The molecule has 5 nitrogen and oxygen atoms in total. The highest BCUT2D eigenvalue weighted by Crippen LogP contribution is 2.52. The van der Waals surface area contributed by atoms with Crippen molar-refractivity contribution in [3.8, 4) is 11.1 Å². The summed E-state index contributed by atoms with van der Waals surface area (Å²) in [6.07, 6.45) is 4.67. The Bertz CT molecular complexity index is 2650. The second kappa shape index (κ2) is 12.7. The maximum Gasteiger partial charge on any atom is 0.271 e. The zero-order chi connectivity index (χ0) is 37.3. The van der Waals surface area contributed by atoms with Gasteiger partial charge in [0.05, 0.1) is 18.1 Å². The molecule has 0 fully saturated rings. The molecule has 0 spiro atoms. The number of hydrogen-bond acceptors (Lipinski definition) is 4. The van der Waals surface area contributed by atoms with E-state index in [1.807, 2.05) is 24.3 Å². The fourth-order valence-electron chi connectivity index (χ4n) is 9.03. The minimum absolute atomic E-state index is 0.168. The van der Waals surface area contributed by atoms with E-state index in [9.17, 15) is 8.42 Å². The quantitative estimate of drug-likeness (QED) is 0.122. The van der Waals surface area contributed by atoms with Gasteiger partial charge in [0.1, 0.15) is 12.8 Å². The van der Waals surface area contributed by atoms with Crippen molar-refractivity contribution in [2.24, 2.45) is 0 Å². The molecule has 0 atom stereocenters. The van der Waals surface area contributed by atoms with Crippen molar-refractivity contribution >= 4 is 54.3 Å². The Hall–Kier alpha value is -5.30. The van der Waals surface area contributed by atoms with Crippen molar-refractivity contribution in [2.75, 3.05) is 26.1 Å². The fraction of sp³-hybridized carbons (Fsp3) is 0.213. The van der Waals surface area contributed by atoms with Crippen LogP contribution in [0.3, 0.4) is 0 Å². The van der Waals surface area contributed by atoms with Crippen molar-refractivity contribution in [2.45, 2.75) is 44.3 Å². The first-order chi connectivity index (χ1) is 25.3. The molecule has 6 aromatic carbocycles. The van der Waals surface area contributed by atoms with E-state index in [1.165, 1.54) is 62.5 Å². The van der Waals surface area contributed by atoms with E-state index in [0.717, 1.165) is 22.4 Å². The highest BCUT2D eigenvalue weighted by molar-refractivity contribution is 7.85. The lowest BCUT2D eigenvalue weighted by Crippen LogP contribution is -2.30. The van der Waals surface area contributed by atoms with Crippen LogP contribution in [0.4, 0.5) is 11.4 Å². The number of fused-ring (bicyclic) bond motifs is 6. The molecule has 6 aromatic rings. The number of rotatable bonds is 7. The topological polar surface area (TPSA) is 49.6 Å². The molecule has 0 radical (unpaired) electrons. The van der Waals surface area contributed by atoms with Crippen LogP contribution in [0.25, 0.3) is 38.2 Å². The summed E-state index contributed by atoms with van der Waals surface area (Å²) in [5, 5.41) is 4.95. The van der Waals surface area contributed by atoms with Gasteiger partial charge in [-0.3, -0.25) is 4.18 Å². The first-order valence-corrected chi connectivity index (χ1v) is 19.7. The Kier molecular flexibility index (Phi) is 8.32. The van der Waals surface area contributed by atoms with Crippen molar-refractivity contribution < 1.29 is 17.2 Å². The van der Waals surface area contributed by atoms with Gasteiger partial charge in [0, 0.05) is 35.0 Å². The molecule has 0 amide bonds. The van der Waals surface area contributed by atoms with Crippen molar-refractivity contribution in [1.82, 2.24) is 0 Å². The van der Waals surface area contributed by atoms with Crippen LogP contribution in [0, 0.1) is 0 Å². The van der Waals surface area contributed by atoms with Gasteiger partial charge >= 0.3 is 0 Å². The van der Waals surface area contributed by atoms with Crippen LogP contribution in [0.2, 0.25) is 0 Å². The smallest absolute Gasteiger partial charge is 0.271 e. The van der Waals surface area contributed by atoms with Gasteiger partial charge in [-0.1, -0.05) is 123 Å². The maximum atomic E-state index is 12.2. The molecular formula is C47H45N2O3S+. The molecule has 266 valence electrons. The summed E-state index contributed by atoms with van der Waals surface area (Å²) in [4.78, 5) is 2.36. The SMILES string of the molecule is COS(=O)(=O)Cc1ccc(-c2cc3ccccc3c3c2[N+](C)=C(/C(=C/C=C2/N(C)c4ccc5ccccc5c4C2(C)C)c2ccccc2)C3(C)C)cc1. The lowest BCUT2D eigenvalue weighted by atomic mass is 9.74. The van der Waals surface area contributed by atoms with Gasteiger partial charge in [0.25, 0.3) is 10.1 Å². The number of anilines is 1. The Morgan fingerprint density at radius 3 is 2.06 bits per heavy atom. The molecule has 53 heavy (non-hydrogen) atoms. The van der Waals surface area contributed by atoms with E-state index in [0.29, 0.717) is 5.56 Å². The highest BCUT2D eigenvalue weighted by Gasteiger charge is 2.49. The normalized spacial score (nSPS) is 17.2. The molecule has 0 aliphatic carbocycles. The lowest BCUT2D eigenvalue weighted by Gasteiger charge is -2.25. The summed E-state index contributed by atoms with van der Waals surface area (Å²) in [5.74, 6) is -0.168. The minimum Gasteiger partial charge on any atom is -0.347 e. The molecule has 0 N–H and O–H groups in total. The molecule has 0 bridgehead atoms. The number of benzene rings is 6. The monoisotopic (exact) mass is 717 g/mol. The summed E-state index contributed by atoms with van der Waals surface area (Å²) < 4.78 is 31.5. The summed E-state index contributed by atoms with van der Waals surface area (Å²) in [5.41, 5.74) is 12.1. The third kappa shape index (κ3) is 5.63. The molecule has 6 heteroatoms. The molecule has 2 aliphatic heterocycles. The van der Waals surface area contributed by atoms with Crippen LogP contribution >= 0.6 is 0 Å². The Balaban J connectivity index is 1.33. The zero-order valence-corrected chi connectivity index (χ0v) is 32.3. The molecular weight excluding hydrogens is 673 g/mol. The molecule has 2 aliphatic rings. The first-order valence-electron chi connectivity index (χ1n) is 18.1. The van der Waals surface area contributed by atoms with Gasteiger partial charge in [-0.15, -0.1) is 0 Å². The van der Waals surface area contributed by atoms with E-state index in [4.69, 9.17) is 4.18 Å². The summed E-state index contributed by atoms with van der Waals surface area (Å²) in [6, 6.07) is 42.7. The number of nitrogens with zero attached hydrogens (tertiary/aromatic N) is 2. The van der Waals surface area contributed by atoms with E-state index in [2.05, 4.69) is 160 Å². The second-order valence-electron chi connectivity index (χ2n) is 15.3. The van der Waals surface area contributed by atoms with E-state index in [1.54, 1.807) is 0 Å². The number of allylic oxidation sites excluding steroid dienone is 4. The minimum atomic E-state index is -3.63. The van der Waals surface area contributed by atoms with Gasteiger partial charge in [0.15, 0.2) is 5.71 Å². The maximum absolute atomic E-state index is 12.2. The predicted molar refractivity (Wildman–Crippen MR) is 221 cm³/mol. The average molecular weight is 718 g/mol. The fourth-order valence-corrected chi connectivity index (χ4v) is 9.75. The standard InChI is InChI=1S/C47H45N2O3S/c1-46(2)41(48(5)40-27-25-33-17-11-13-19-36(33)42(40)46)28-26-38(32-15-9-8-10-16-32)45-47(3,4)43-37-20-14-12-18-35(37)29-39(44(43)49(45)6)34-23-21-31(22-24-34)30-53(50,51)52-7/h8-29H,30H2,1-7H3/q+1. The van der Waals surface area contributed by atoms with Gasteiger partial charge in [-0.25, -0.2) is 0 Å². The number of likely N-dealkylation sites (N-methyl/N-ethyl adjacent to an activating group) is 1. The zero-order valence-electron chi connectivity index (χ0n) is 31.4. The van der Waals surface area contributed by atoms with Gasteiger partial charge in [-0.05, 0) is 81.9 Å². The van der Waals surface area contributed by atoms with E-state index < -0.39 is 10.1 Å².